The maximum atomic E-state index is 8.46. The van der Waals surface area contributed by atoms with Gasteiger partial charge in [-0.05, 0) is 6.08 Å². The first-order valence-electron chi connectivity index (χ1n) is 4.57. The summed E-state index contributed by atoms with van der Waals surface area (Å²) in [5.74, 6) is 0. The van der Waals surface area contributed by atoms with Crippen molar-refractivity contribution in [1.82, 2.24) is 10.2 Å². The van der Waals surface area contributed by atoms with Crippen molar-refractivity contribution in [2.75, 3.05) is 0 Å². The van der Waals surface area contributed by atoms with E-state index in [1.807, 2.05) is 36.4 Å². The van der Waals surface area contributed by atoms with Gasteiger partial charge in [0.25, 0.3) is 0 Å². The Hall–Kier alpha value is -2.34. The summed E-state index contributed by atoms with van der Waals surface area (Å²) in [7, 11) is 0. The Balaban J connectivity index is 2.42. The first-order valence-corrected chi connectivity index (χ1v) is 4.57. The Morgan fingerprint density at radius 2 is 2.07 bits per heavy atom. The molecule has 0 spiro atoms. The van der Waals surface area contributed by atoms with Crippen LogP contribution in [0.1, 0.15) is 5.56 Å². The maximum absolute atomic E-state index is 8.46. The molecule has 3 heteroatoms. The van der Waals surface area contributed by atoms with Gasteiger partial charge in [-0.3, -0.25) is 5.10 Å². The summed E-state index contributed by atoms with van der Waals surface area (Å²) in [5.41, 5.74) is 2.91. The molecule has 0 aliphatic rings. The van der Waals surface area contributed by atoms with Crippen molar-refractivity contribution in [3.8, 4) is 17.3 Å². The number of benzene rings is 1. The molecule has 1 N–H and O–H groups in total. The van der Waals surface area contributed by atoms with Crippen LogP contribution in [0.3, 0.4) is 0 Å². The SMILES string of the molecule is N#CC=Cc1cn[nH]c1-c1ccccc1. The van der Waals surface area contributed by atoms with E-state index >= 15 is 0 Å². The smallest absolute Gasteiger partial charge is 0.0912 e. The van der Waals surface area contributed by atoms with Gasteiger partial charge in [0.2, 0.25) is 0 Å². The lowest BCUT2D eigenvalue weighted by Gasteiger charge is -1.97. The zero-order valence-electron chi connectivity index (χ0n) is 8.01. The van der Waals surface area contributed by atoms with E-state index in [9.17, 15) is 0 Å². The van der Waals surface area contributed by atoms with Gasteiger partial charge in [0.15, 0.2) is 0 Å². The minimum Gasteiger partial charge on any atom is -0.277 e. The summed E-state index contributed by atoms with van der Waals surface area (Å²) < 4.78 is 0. The number of nitriles is 1. The number of H-pyrrole nitrogens is 1. The van der Waals surface area contributed by atoms with Gasteiger partial charge in [0.05, 0.1) is 18.0 Å². The number of nitrogens with one attached hydrogen (secondary N) is 1. The molecule has 2 rings (SSSR count). The number of hydrogen-bond acceptors (Lipinski definition) is 2. The van der Waals surface area contributed by atoms with E-state index in [2.05, 4.69) is 10.2 Å². The zero-order chi connectivity index (χ0) is 10.5. The topological polar surface area (TPSA) is 52.5 Å². The number of aromatic amines is 1. The van der Waals surface area contributed by atoms with Crippen LogP contribution >= 0.6 is 0 Å². The molecule has 0 saturated carbocycles. The third kappa shape index (κ3) is 1.94. The number of hydrogen-bond donors (Lipinski definition) is 1. The minimum absolute atomic E-state index is 0.919. The van der Waals surface area contributed by atoms with Gasteiger partial charge in [0, 0.05) is 17.2 Å². The molecule has 72 valence electrons. The molecule has 3 nitrogen and oxygen atoms in total. The molecule has 0 amide bonds. The van der Waals surface area contributed by atoms with Gasteiger partial charge in [-0.1, -0.05) is 30.3 Å². The second-order valence-corrected chi connectivity index (χ2v) is 3.03. The van der Waals surface area contributed by atoms with E-state index in [0.29, 0.717) is 0 Å². The largest absolute Gasteiger partial charge is 0.277 e. The summed E-state index contributed by atoms with van der Waals surface area (Å²) in [4.78, 5) is 0. The van der Waals surface area contributed by atoms with Crippen LogP contribution in [-0.2, 0) is 0 Å². The summed E-state index contributed by atoms with van der Waals surface area (Å²) in [5, 5.41) is 15.3. The molecule has 0 radical (unpaired) electrons. The Morgan fingerprint density at radius 1 is 1.27 bits per heavy atom. The van der Waals surface area contributed by atoms with E-state index in [0.717, 1.165) is 16.8 Å². The summed E-state index contributed by atoms with van der Waals surface area (Å²) >= 11 is 0. The van der Waals surface area contributed by atoms with Gasteiger partial charge < -0.3 is 0 Å². The van der Waals surface area contributed by atoms with E-state index in [4.69, 9.17) is 5.26 Å². The summed E-state index contributed by atoms with van der Waals surface area (Å²) in [6.07, 6.45) is 4.89. The highest BCUT2D eigenvalue weighted by atomic mass is 15.1. The number of rotatable bonds is 2. The van der Waals surface area contributed by atoms with Crippen LogP contribution in [0.15, 0.2) is 42.6 Å². The van der Waals surface area contributed by atoms with Gasteiger partial charge >= 0.3 is 0 Å². The Kier molecular flexibility index (Phi) is 2.61. The summed E-state index contributed by atoms with van der Waals surface area (Å²) in [6, 6.07) is 11.9. The molecule has 15 heavy (non-hydrogen) atoms. The molecule has 1 aromatic carbocycles. The predicted octanol–water partition coefficient (Wildman–Crippen LogP) is 2.61. The van der Waals surface area contributed by atoms with E-state index in [-0.39, 0.29) is 0 Å². The first kappa shape index (κ1) is 9.22. The van der Waals surface area contributed by atoms with Crippen molar-refractivity contribution in [1.29, 1.82) is 5.26 Å². The van der Waals surface area contributed by atoms with Gasteiger partial charge in [-0.25, -0.2) is 0 Å². The van der Waals surface area contributed by atoms with E-state index in [1.165, 1.54) is 6.08 Å². The van der Waals surface area contributed by atoms with E-state index < -0.39 is 0 Å². The fourth-order valence-electron chi connectivity index (χ4n) is 1.38. The Bertz CT molecular complexity index is 503. The third-order valence-corrected chi connectivity index (χ3v) is 2.07. The molecule has 1 heterocycles. The van der Waals surface area contributed by atoms with Gasteiger partial charge in [0.1, 0.15) is 0 Å². The van der Waals surface area contributed by atoms with Crippen LogP contribution in [0.5, 0.6) is 0 Å². The number of aromatic nitrogens is 2. The van der Waals surface area contributed by atoms with Crippen molar-refractivity contribution in [2.24, 2.45) is 0 Å². The van der Waals surface area contributed by atoms with Crippen LogP contribution in [0, 0.1) is 11.3 Å². The summed E-state index contributed by atoms with van der Waals surface area (Å²) in [6.45, 7) is 0. The minimum atomic E-state index is 0.919. The van der Waals surface area contributed by atoms with Crippen molar-refractivity contribution in [3.05, 3.63) is 48.2 Å². The standard InChI is InChI=1S/C12H9N3/c13-8-4-7-11-9-14-15-12(11)10-5-2-1-3-6-10/h1-7,9H,(H,14,15). The molecule has 0 aliphatic heterocycles. The second kappa shape index (κ2) is 4.25. The quantitative estimate of drug-likeness (QED) is 0.749. The Labute approximate surface area is 87.7 Å². The average Bonchev–Trinajstić information content (AvgIpc) is 2.75. The average molecular weight is 195 g/mol. The monoisotopic (exact) mass is 195 g/mol. The molecule has 0 aliphatic carbocycles. The molecule has 0 atom stereocenters. The molecule has 2 aromatic rings. The lowest BCUT2D eigenvalue weighted by Crippen LogP contribution is -1.79. The number of allylic oxidation sites excluding steroid dienone is 1. The van der Waals surface area contributed by atoms with Gasteiger partial charge in [-0.15, -0.1) is 0 Å². The van der Waals surface area contributed by atoms with Crippen molar-refractivity contribution >= 4 is 6.08 Å². The lowest BCUT2D eigenvalue weighted by molar-refractivity contribution is 1.10. The fourth-order valence-corrected chi connectivity index (χ4v) is 1.38. The molecular formula is C12H9N3. The third-order valence-electron chi connectivity index (χ3n) is 2.07. The second-order valence-electron chi connectivity index (χ2n) is 3.03. The van der Waals surface area contributed by atoms with E-state index in [1.54, 1.807) is 12.3 Å². The molecule has 0 fully saturated rings. The normalized spacial score (nSPS) is 10.3. The highest BCUT2D eigenvalue weighted by Gasteiger charge is 2.03. The maximum Gasteiger partial charge on any atom is 0.0912 e. The van der Waals surface area contributed by atoms with Crippen molar-refractivity contribution in [2.45, 2.75) is 0 Å². The highest BCUT2D eigenvalue weighted by molar-refractivity contribution is 5.71. The van der Waals surface area contributed by atoms with Crippen LogP contribution in [0.4, 0.5) is 0 Å². The Morgan fingerprint density at radius 3 is 2.80 bits per heavy atom. The van der Waals surface area contributed by atoms with Crippen molar-refractivity contribution < 1.29 is 0 Å². The zero-order valence-corrected chi connectivity index (χ0v) is 8.01. The van der Waals surface area contributed by atoms with Crippen LogP contribution < -0.4 is 0 Å². The molecule has 0 bridgehead atoms. The first-order chi connectivity index (χ1) is 7.42. The molecule has 0 saturated heterocycles. The van der Waals surface area contributed by atoms with Crippen LogP contribution in [-0.4, -0.2) is 10.2 Å². The molecule has 1 aromatic heterocycles. The van der Waals surface area contributed by atoms with Crippen molar-refractivity contribution in [3.63, 3.8) is 0 Å². The van der Waals surface area contributed by atoms with Crippen LogP contribution in [0.25, 0.3) is 17.3 Å². The van der Waals surface area contributed by atoms with Crippen LogP contribution in [0.2, 0.25) is 0 Å². The molecule has 0 unspecified atom stereocenters. The number of nitrogens with zero attached hydrogens (tertiary/aromatic N) is 2. The fraction of sp³-hybridized carbons (Fsp3) is 0. The molecular weight excluding hydrogens is 186 g/mol. The van der Waals surface area contributed by atoms with Gasteiger partial charge in [-0.2, -0.15) is 10.4 Å². The predicted molar refractivity (Wildman–Crippen MR) is 58.7 cm³/mol. The lowest BCUT2D eigenvalue weighted by atomic mass is 10.1. The highest BCUT2D eigenvalue weighted by Crippen LogP contribution is 2.21.